The molecule has 3 atom stereocenters. The Morgan fingerprint density at radius 1 is 1.11 bits per heavy atom. The molecule has 4 nitrogen and oxygen atoms in total. The molecule has 28 heavy (non-hydrogen) atoms. The van der Waals surface area contributed by atoms with E-state index in [0.717, 1.165) is 5.57 Å². The number of carbonyl (C=O) groups is 1. The minimum atomic E-state index is -1.95. The zero-order valence-corrected chi connectivity index (χ0v) is 21.1. The van der Waals surface area contributed by atoms with Crippen molar-refractivity contribution in [1.82, 2.24) is 0 Å². The van der Waals surface area contributed by atoms with E-state index in [4.69, 9.17) is 9.16 Å². The molecule has 0 aliphatic heterocycles. The standard InChI is InChI=1S/C23H44O4Si/c1-12-26-20(25)16-14-17(2)13-15-19(24)18(3)21(22(4,5)6)27-28(10,11)23(7,8)9/h13-14,16,18-19,21,24H,12,15H2,1-11H3/b16-14+,17-13+/t18-,19-,21+/m1/s1. The van der Waals surface area contributed by atoms with E-state index < -0.39 is 14.4 Å². The van der Waals surface area contributed by atoms with Crippen molar-refractivity contribution in [3.8, 4) is 0 Å². The molecule has 0 aliphatic rings. The van der Waals surface area contributed by atoms with Gasteiger partial charge in [0.15, 0.2) is 8.32 Å². The van der Waals surface area contributed by atoms with Gasteiger partial charge in [-0.25, -0.2) is 4.79 Å². The van der Waals surface area contributed by atoms with Crippen LogP contribution in [0.25, 0.3) is 0 Å². The maximum atomic E-state index is 11.4. The molecule has 164 valence electrons. The highest BCUT2D eigenvalue weighted by molar-refractivity contribution is 6.74. The quantitative estimate of drug-likeness (QED) is 0.222. The summed E-state index contributed by atoms with van der Waals surface area (Å²) in [6.45, 7) is 23.9. The summed E-state index contributed by atoms with van der Waals surface area (Å²) in [5.41, 5.74) is 0.857. The first-order valence-electron chi connectivity index (χ1n) is 10.4. The van der Waals surface area contributed by atoms with Crippen LogP contribution in [-0.4, -0.2) is 38.2 Å². The fraction of sp³-hybridized carbons (Fsp3) is 0.783. The second-order valence-corrected chi connectivity index (χ2v) is 15.1. The molecule has 0 spiro atoms. The first-order chi connectivity index (χ1) is 12.5. The Bertz CT molecular complexity index is 550. The molecule has 0 amide bonds. The lowest BCUT2D eigenvalue weighted by molar-refractivity contribution is -0.137. The molecule has 0 aromatic heterocycles. The van der Waals surface area contributed by atoms with Crippen molar-refractivity contribution >= 4 is 14.3 Å². The van der Waals surface area contributed by atoms with Gasteiger partial charge in [0.1, 0.15) is 0 Å². The van der Waals surface area contributed by atoms with Gasteiger partial charge in [-0.2, -0.15) is 0 Å². The molecule has 0 saturated heterocycles. The predicted molar refractivity (Wildman–Crippen MR) is 121 cm³/mol. The van der Waals surface area contributed by atoms with Crippen molar-refractivity contribution in [3.05, 3.63) is 23.8 Å². The van der Waals surface area contributed by atoms with Gasteiger partial charge in [0.05, 0.1) is 18.8 Å². The molecule has 0 fully saturated rings. The number of aliphatic hydroxyl groups is 1. The molecule has 0 heterocycles. The second-order valence-electron chi connectivity index (χ2n) is 10.4. The van der Waals surface area contributed by atoms with Crippen LogP contribution in [0, 0.1) is 11.3 Å². The van der Waals surface area contributed by atoms with Crippen LogP contribution in [0.2, 0.25) is 18.1 Å². The van der Waals surface area contributed by atoms with Crippen LogP contribution in [0.4, 0.5) is 0 Å². The molecule has 0 radical (unpaired) electrons. The van der Waals surface area contributed by atoms with Crippen LogP contribution in [0.15, 0.2) is 23.8 Å². The molecular weight excluding hydrogens is 368 g/mol. The normalized spacial score (nSPS) is 17.5. The molecular formula is C23H44O4Si. The van der Waals surface area contributed by atoms with Gasteiger partial charge < -0.3 is 14.3 Å². The summed E-state index contributed by atoms with van der Waals surface area (Å²) < 4.78 is 11.6. The first-order valence-corrected chi connectivity index (χ1v) is 13.3. The zero-order chi connectivity index (χ0) is 22.3. The summed E-state index contributed by atoms with van der Waals surface area (Å²) in [5, 5.41) is 11.0. The summed E-state index contributed by atoms with van der Waals surface area (Å²) in [5.74, 6) is -0.355. The molecule has 5 heteroatoms. The molecule has 0 aromatic carbocycles. The number of hydrogen-bond donors (Lipinski definition) is 1. The van der Waals surface area contributed by atoms with Gasteiger partial charge in [-0.15, -0.1) is 0 Å². The van der Waals surface area contributed by atoms with E-state index in [0.29, 0.717) is 13.0 Å². The highest BCUT2D eigenvalue weighted by Gasteiger charge is 2.44. The number of aliphatic hydroxyl groups excluding tert-OH is 1. The maximum absolute atomic E-state index is 11.4. The lowest BCUT2D eigenvalue weighted by atomic mass is 9.79. The lowest BCUT2D eigenvalue weighted by Crippen LogP contribution is -2.51. The van der Waals surface area contributed by atoms with Crippen molar-refractivity contribution in [2.24, 2.45) is 11.3 Å². The first kappa shape index (κ1) is 27.1. The van der Waals surface area contributed by atoms with Crippen LogP contribution in [0.3, 0.4) is 0 Å². The molecule has 0 aromatic rings. The molecule has 0 aliphatic carbocycles. The van der Waals surface area contributed by atoms with Gasteiger partial charge in [-0.05, 0) is 43.8 Å². The third kappa shape index (κ3) is 9.06. The second kappa shape index (κ2) is 10.7. The largest absolute Gasteiger partial charge is 0.463 e. The topological polar surface area (TPSA) is 55.8 Å². The maximum Gasteiger partial charge on any atom is 0.330 e. The molecule has 0 saturated carbocycles. The SMILES string of the molecule is CCOC(=O)/C=C/C(C)=C/C[C@@H](O)[C@@H](C)[C@H](O[Si](C)(C)C(C)(C)C)C(C)(C)C. The van der Waals surface area contributed by atoms with E-state index in [1.165, 1.54) is 6.08 Å². The van der Waals surface area contributed by atoms with Crippen molar-refractivity contribution in [1.29, 1.82) is 0 Å². The lowest BCUT2D eigenvalue weighted by Gasteiger charge is -2.46. The molecule has 1 N–H and O–H groups in total. The Labute approximate surface area is 174 Å². The van der Waals surface area contributed by atoms with Crippen molar-refractivity contribution in [2.45, 2.75) is 99.1 Å². The number of esters is 1. The highest BCUT2D eigenvalue weighted by atomic mass is 28.4. The van der Waals surface area contributed by atoms with Gasteiger partial charge in [0, 0.05) is 12.0 Å². The Balaban J connectivity index is 5.22. The Kier molecular flexibility index (Phi) is 10.4. The smallest absolute Gasteiger partial charge is 0.330 e. The molecule has 0 unspecified atom stereocenters. The van der Waals surface area contributed by atoms with Gasteiger partial charge in [-0.3, -0.25) is 0 Å². The van der Waals surface area contributed by atoms with Crippen molar-refractivity contribution in [2.75, 3.05) is 6.61 Å². The average Bonchev–Trinajstić information content (AvgIpc) is 2.53. The van der Waals surface area contributed by atoms with E-state index in [2.05, 4.69) is 61.6 Å². The Hall–Kier alpha value is -0.913. The zero-order valence-electron chi connectivity index (χ0n) is 20.1. The van der Waals surface area contributed by atoms with Gasteiger partial charge >= 0.3 is 5.97 Å². The van der Waals surface area contributed by atoms with E-state index in [9.17, 15) is 9.90 Å². The van der Waals surface area contributed by atoms with E-state index >= 15 is 0 Å². The van der Waals surface area contributed by atoms with Crippen LogP contribution < -0.4 is 0 Å². The summed E-state index contributed by atoms with van der Waals surface area (Å²) in [7, 11) is -1.95. The van der Waals surface area contributed by atoms with Crippen LogP contribution in [0.1, 0.15) is 68.7 Å². The van der Waals surface area contributed by atoms with E-state index in [-0.39, 0.29) is 28.4 Å². The third-order valence-corrected chi connectivity index (χ3v) is 10.1. The van der Waals surface area contributed by atoms with Gasteiger partial charge in [-0.1, -0.05) is 66.2 Å². The summed E-state index contributed by atoms with van der Waals surface area (Å²) >= 11 is 0. The average molecular weight is 413 g/mol. The fourth-order valence-corrected chi connectivity index (χ4v) is 4.30. The summed E-state index contributed by atoms with van der Waals surface area (Å²) in [4.78, 5) is 11.4. The number of allylic oxidation sites excluding steroid dienone is 2. The number of rotatable bonds is 9. The number of carbonyl (C=O) groups excluding carboxylic acids is 1. The van der Waals surface area contributed by atoms with E-state index in [1.807, 2.05) is 13.0 Å². The highest BCUT2D eigenvalue weighted by Crippen LogP contribution is 2.42. The van der Waals surface area contributed by atoms with Crippen LogP contribution >= 0.6 is 0 Å². The summed E-state index contributed by atoms with van der Waals surface area (Å²) in [6.07, 6.45) is 5.08. The minimum Gasteiger partial charge on any atom is -0.463 e. The van der Waals surface area contributed by atoms with E-state index in [1.54, 1.807) is 13.0 Å². The molecule has 0 bridgehead atoms. The predicted octanol–water partition coefficient (Wildman–Crippen LogP) is 5.88. The Morgan fingerprint density at radius 3 is 2.07 bits per heavy atom. The van der Waals surface area contributed by atoms with Crippen LogP contribution in [-0.2, 0) is 14.0 Å². The Morgan fingerprint density at radius 2 is 1.64 bits per heavy atom. The summed E-state index contributed by atoms with van der Waals surface area (Å²) in [6, 6.07) is 0. The van der Waals surface area contributed by atoms with Gasteiger partial charge in [0.25, 0.3) is 0 Å². The minimum absolute atomic E-state index is 0.00721. The van der Waals surface area contributed by atoms with Crippen molar-refractivity contribution < 1.29 is 19.1 Å². The third-order valence-electron chi connectivity index (χ3n) is 5.62. The van der Waals surface area contributed by atoms with Crippen LogP contribution in [0.5, 0.6) is 0 Å². The fourth-order valence-electron chi connectivity index (χ4n) is 2.75. The van der Waals surface area contributed by atoms with Gasteiger partial charge in [0.2, 0.25) is 0 Å². The monoisotopic (exact) mass is 412 g/mol. The van der Waals surface area contributed by atoms with Crippen molar-refractivity contribution in [3.63, 3.8) is 0 Å². The number of ether oxygens (including phenoxy) is 1. The molecule has 0 rings (SSSR count). The number of hydrogen-bond acceptors (Lipinski definition) is 4.